The molecule has 1 aromatic heterocycles. The van der Waals surface area contributed by atoms with Gasteiger partial charge in [0.05, 0.1) is 0 Å². The molecule has 3 nitrogen and oxygen atoms in total. The predicted octanol–water partition coefficient (Wildman–Crippen LogP) is 2.68. The molecule has 1 aromatic rings. The molecule has 0 bridgehead atoms. The molecule has 2 aliphatic rings. The van der Waals surface area contributed by atoms with Crippen molar-refractivity contribution >= 4 is 5.95 Å². The van der Waals surface area contributed by atoms with Crippen LogP contribution in [0.2, 0.25) is 0 Å². The standard InChI is InChI=1S/C12H19N3/c1-9(10-2-3-10)8-14-12-13-6-7-15(12)11-4-5-11/h6-7,9-11H,2-5,8H2,1H3,(H,13,14). The fourth-order valence-electron chi connectivity index (χ4n) is 2.18. The first-order chi connectivity index (χ1) is 7.34. The minimum absolute atomic E-state index is 0.728. The van der Waals surface area contributed by atoms with Crippen LogP contribution in [0.5, 0.6) is 0 Å². The van der Waals surface area contributed by atoms with Gasteiger partial charge < -0.3 is 9.88 Å². The van der Waals surface area contributed by atoms with Crippen LogP contribution < -0.4 is 5.32 Å². The predicted molar refractivity (Wildman–Crippen MR) is 60.9 cm³/mol. The lowest BCUT2D eigenvalue weighted by molar-refractivity contribution is 0.533. The second kappa shape index (κ2) is 3.54. The first-order valence-electron chi connectivity index (χ1n) is 6.11. The first kappa shape index (κ1) is 9.25. The minimum atomic E-state index is 0.728. The maximum Gasteiger partial charge on any atom is 0.203 e. The van der Waals surface area contributed by atoms with Crippen molar-refractivity contribution in [3.63, 3.8) is 0 Å². The van der Waals surface area contributed by atoms with Crippen LogP contribution in [0.3, 0.4) is 0 Å². The first-order valence-corrected chi connectivity index (χ1v) is 6.11. The highest BCUT2D eigenvalue weighted by Crippen LogP contribution is 2.38. The topological polar surface area (TPSA) is 29.9 Å². The van der Waals surface area contributed by atoms with Gasteiger partial charge in [0.15, 0.2) is 0 Å². The third-order valence-electron chi connectivity index (χ3n) is 3.62. The Bertz CT molecular complexity index is 336. The van der Waals surface area contributed by atoms with Crippen LogP contribution in [-0.4, -0.2) is 16.1 Å². The van der Waals surface area contributed by atoms with Crippen LogP contribution in [0, 0.1) is 11.8 Å². The van der Waals surface area contributed by atoms with E-state index in [1.165, 1.54) is 25.7 Å². The van der Waals surface area contributed by atoms with Gasteiger partial charge in [0, 0.05) is 25.0 Å². The van der Waals surface area contributed by atoms with Crippen molar-refractivity contribution in [2.75, 3.05) is 11.9 Å². The average Bonchev–Trinajstić information content (AvgIpc) is 3.12. The summed E-state index contributed by atoms with van der Waals surface area (Å²) in [4.78, 5) is 4.38. The highest BCUT2D eigenvalue weighted by Gasteiger charge is 2.29. The molecule has 0 aliphatic heterocycles. The maximum atomic E-state index is 4.38. The summed E-state index contributed by atoms with van der Waals surface area (Å²) in [5, 5.41) is 3.49. The molecule has 2 aliphatic carbocycles. The van der Waals surface area contributed by atoms with Crippen LogP contribution in [0.4, 0.5) is 5.95 Å². The maximum absolute atomic E-state index is 4.38. The van der Waals surface area contributed by atoms with Crippen LogP contribution in [-0.2, 0) is 0 Å². The molecule has 15 heavy (non-hydrogen) atoms. The van der Waals surface area contributed by atoms with Crippen molar-refractivity contribution in [3.05, 3.63) is 12.4 Å². The zero-order valence-corrected chi connectivity index (χ0v) is 9.32. The Hall–Kier alpha value is -0.990. The number of hydrogen-bond acceptors (Lipinski definition) is 2. The molecular weight excluding hydrogens is 186 g/mol. The molecule has 82 valence electrons. The van der Waals surface area contributed by atoms with Crippen molar-refractivity contribution in [2.45, 2.75) is 38.6 Å². The molecule has 1 atom stereocenters. The summed E-state index contributed by atoms with van der Waals surface area (Å²) in [5.74, 6) is 2.85. The Morgan fingerprint density at radius 2 is 2.27 bits per heavy atom. The molecular formula is C12H19N3. The van der Waals surface area contributed by atoms with Gasteiger partial charge in [0.2, 0.25) is 5.95 Å². The third kappa shape index (κ3) is 2.01. The molecule has 1 heterocycles. The lowest BCUT2D eigenvalue weighted by Gasteiger charge is -2.13. The monoisotopic (exact) mass is 205 g/mol. The van der Waals surface area contributed by atoms with Crippen LogP contribution in [0.15, 0.2) is 12.4 Å². The summed E-state index contributed by atoms with van der Waals surface area (Å²) in [6, 6.07) is 0.728. The molecule has 2 fully saturated rings. The van der Waals surface area contributed by atoms with Gasteiger partial charge in [0.25, 0.3) is 0 Å². The zero-order valence-electron chi connectivity index (χ0n) is 9.32. The Morgan fingerprint density at radius 1 is 1.47 bits per heavy atom. The molecule has 0 saturated heterocycles. The highest BCUT2D eigenvalue weighted by molar-refractivity contribution is 5.27. The van der Waals surface area contributed by atoms with E-state index in [1.807, 2.05) is 6.20 Å². The van der Waals surface area contributed by atoms with E-state index in [-0.39, 0.29) is 0 Å². The van der Waals surface area contributed by atoms with Crippen molar-refractivity contribution in [1.29, 1.82) is 0 Å². The van der Waals surface area contributed by atoms with Gasteiger partial charge in [-0.25, -0.2) is 4.98 Å². The number of anilines is 1. The van der Waals surface area contributed by atoms with E-state index in [1.54, 1.807) is 0 Å². The molecule has 3 rings (SSSR count). The highest BCUT2D eigenvalue weighted by atomic mass is 15.2. The molecule has 0 amide bonds. The van der Waals surface area contributed by atoms with E-state index < -0.39 is 0 Å². The van der Waals surface area contributed by atoms with Crippen molar-refractivity contribution in [1.82, 2.24) is 9.55 Å². The Balaban J connectivity index is 1.58. The van der Waals surface area contributed by atoms with Crippen molar-refractivity contribution in [2.24, 2.45) is 11.8 Å². The fourth-order valence-corrected chi connectivity index (χ4v) is 2.18. The average molecular weight is 205 g/mol. The summed E-state index contributed by atoms with van der Waals surface area (Å²) in [6.45, 7) is 3.42. The summed E-state index contributed by atoms with van der Waals surface area (Å²) in [6.07, 6.45) is 9.51. The molecule has 0 aromatic carbocycles. The zero-order chi connectivity index (χ0) is 10.3. The van der Waals surface area contributed by atoms with Gasteiger partial charge in [-0.2, -0.15) is 0 Å². The van der Waals surface area contributed by atoms with E-state index in [0.717, 1.165) is 30.4 Å². The number of aromatic nitrogens is 2. The molecule has 0 radical (unpaired) electrons. The van der Waals surface area contributed by atoms with E-state index in [9.17, 15) is 0 Å². The van der Waals surface area contributed by atoms with Gasteiger partial charge in [-0.15, -0.1) is 0 Å². The summed E-state index contributed by atoms with van der Waals surface area (Å²) in [7, 11) is 0. The van der Waals surface area contributed by atoms with Crippen LogP contribution in [0.1, 0.15) is 38.6 Å². The van der Waals surface area contributed by atoms with E-state index in [2.05, 4.69) is 28.0 Å². The number of imidazole rings is 1. The third-order valence-corrected chi connectivity index (χ3v) is 3.62. The second-order valence-electron chi connectivity index (χ2n) is 5.08. The second-order valence-corrected chi connectivity index (χ2v) is 5.08. The van der Waals surface area contributed by atoms with E-state index in [4.69, 9.17) is 0 Å². The van der Waals surface area contributed by atoms with Gasteiger partial charge >= 0.3 is 0 Å². The van der Waals surface area contributed by atoms with E-state index >= 15 is 0 Å². The molecule has 1 N–H and O–H groups in total. The summed E-state index contributed by atoms with van der Waals surface area (Å²) in [5.41, 5.74) is 0. The fraction of sp³-hybridized carbons (Fsp3) is 0.750. The quantitative estimate of drug-likeness (QED) is 0.801. The summed E-state index contributed by atoms with van der Waals surface area (Å²) >= 11 is 0. The molecule has 1 unspecified atom stereocenters. The number of hydrogen-bond donors (Lipinski definition) is 1. The normalized spacial score (nSPS) is 22.7. The number of nitrogens with one attached hydrogen (secondary N) is 1. The van der Waals surface area contributed by atoms with Crippen molar-refractivity contribution < 1.29 is 0 Å². The summed E-state index contributed by atoms with van der Waals surface area (Å²) < 4.78 is 2.29. The Labute approximate surface area is 90.9 Å². The SMILES string of the molecule is CC(CNc1nccn1C1CC1)C1CC1. The van der Waals surface area contributed by atoms with Crippen LogP contribution >= 0.6 is 0 Å². The number of rotatable bonds is 5. The van der Waals surface area contributed by atoms with Gasteiger partial charge in [-0.05, 0) is 37.5 Å². The molecule has 3 heteroatoms. The van der Waals surface area contributed by atoms with Gasteiger partial charge in [-0.1, -0.05) is 6.92 Å². The smallest absolute Gasteiger partial charge is 0.203 e. The van der Waals surface area contributed by atoms with Crippen LogP contribution in [0.25, 0.3) is 0 Å². The van der Waals surface area contributed by atoms with E-state index in [0.29, 0.717) is 0 Å². The van der Waals surface area contributed by atoms with Crippen molar-refractivity contribution in [3.8, 4) is 0 Å². The molecule has 0 spiro atoms. The van der Waals surface area contributed by atoms with Gasteiger partial charge in [0.1, 0.15) is 0 Å². The van der Waals surface area contributed by atoms with Gasteiger partial charge in [-0.3, -0.25) is 0 Å². The molecule has 2 saturated carbocycles. The Kier molecular flexibility index (Phi) is 2.19. The largest absolute Gasteiger partial charge is 0.355 e. The lowest BCUT2D eigenvalue weighted by atomic mass is 10.1. The number of nitrogens with zero attached hydrogens (tertiary/aromatic N) is 2. The minimum Gasteiger partial charge on any atom is -0.355 e. The lowest BCUT2D eigenvalue weighted by Crippen LogP contribution is -2.15. The Morgan fingerprint density at radius 3 is 2.93 bits per heavy atom.